The molecular formula is C25H28N4O5. The average Bonchev–Trinajstić information content (AvgIpc) is 3.62. The molecule has 2 aromatic rings. The van der Waals surface area contributed by atoms with Crippen molar-refractivity contribution in [3.63, 3.8) is 0 Å². The molecule has 2 N–H and O–H groups in total. The molecule has 0 bridgehead atoms. The second-order valence-corrected chi connectivity index (χ2v) is 8.75. The molecule has 2 fully saturated rings. The number of anilines is 1. The van der Waals surface area contributed by atoms with Gasteiger partial charge in [-0.1, -0.05) is 18.2 Å². The molecule has 34 heavy (non-hydrogen) atoms. The van der Waals surface area contributed by atoms with Gasteiger partial charge in [-0.15, -0.1) is 0 Å². The van der Waals surface area contributed by atoms with E-state index in [-0.39, 0.29) is 37.0 Å². The predicted molar refractivity (Wildman–Crippen MR) is 125 cm³/mol. The molecule has 2 aromatic carbocycles. The second kappa shape index (κ2) is 9.62. The normalized spacial score (nSPS) is 16.8. The lowest BCUT2D eigenvalue weighted by molar-refractivity contribution is -0.139. The molecule has 3 amide bonds. The fraction of sp³-hybridized carbons (Fsp3) is 0.400. The fourth-order valence-electron chi connectivity index (χ4n) is 4.21. The number of nitrogens with one attached hydrogen (secondary N) is 2. The van der Waals surface area contributed by atoms with Crippen LogP contribution in [0.5, 0.6) is 11.5 Å². The number of hydrogen-bond donors (Lipinski definition) is 2. The Morgan fingerprint density at radius 3 is 2.44 bits per heavy atom. The van der Waals surface area contributed by atoms with Crippen LogP contribution in [0.1, 0.15) is 28.8 Å². The maximum atomic E-state index is 12.8. The molecule has 1 aliphatic carbocycles. The maximum Gasteiger partial charge on any atom is 0.253 e. The van der Waals surface area contributed by atoms with Crippen LogP contribution in [-0.4, -0.2) is 67.0 Å². The summed E-state index contributed by atoms with van der Waals surface area (Å²) in [7, 11) is 0. The third-order valence-electron chi connectivity index (χ3n) is 6.36. The first-order valence-corrected chi connectivity index (χ1v) is 11.6. The van der Waals surface area contributed by atoms with Gasteiger partial charge in [0.2, 0.25) is 18.6 Å². The van der Waals surface area contributed by atoms with Crippen LogP contribution < -0.4 is 20.1 Å². The highest BCUT2D eigenvalue weighted by atomic mass is 16.7. The van der Waals surface area contributed by atoms with Crippen molar-refractivity contribution in [3.05, 3.63) is 53.6 Å². The Bertz CT molecular complexity index is 1090. The van der Waals surface area contributed by atoms with Gasteiger partial charge in [-0.3, -0.25) is 14.4 Å². The molecule has 2 heterocycles. The van der Waals surface area contributed by atoms with Crippen LogP contribution in [0.15, 0.2) is 42.5 Å². The molecular weight excluding hydrogens is 436 g/mol. The van der Waals surface area contributed by atoms with Crippen LogP contribution in [0, 0.1) is 5.92 Å². The average molecular weight is 465 g/mol. The molecule has 0 atom stereocenters. The Hall–Kier alpha value is -3.75. The largest absolute Gasteiger partial charge is 0.454 e. The van der Waals surface area contributed by atoms with Gasteiger partial charge in [0.25, 0.3) is 5.91 Å². The lowest BCUT2D eigenvalue weighted by Gasteiger charge is -2.35. The first kappa shape index (κ1) is 22.1. The Balaban J connectivity index is 1.13. The number of rotatable bonds is 7. The van der Waals surface area contributed by atoms with Gasteiger partial charge in [-0.2, -0.15) is 0 Å². The van der Waals surface area contributed by atoms with Crippen LogP contribution in [0.2, 0.25) is 0 Å². The number of amides is 3. The zero-order chi connectivity index (χ0) is 23.5. The summed E-state index contributed by atoms with van der Waals surface area (Å²) in [6.45, 7) is 2.87. The molecule has 1 saturated carbocycles. The van der Waals surface area contributed by atoms with Crippen molar-refractivity contribution in [2.75, 3.05) is 44.8 Å². The van der Waals surface area contributed by atoms with E-state index in [4.69, 9.17) is 9.47 Å². The van der Waals surface area contributed by atoms with Crippen LogP contribution in [0.25, 0.3) is 0 Å². The van der Waals surface area contributed by atoms with Crippen molar-refractivity contribution in [1.82, 2.24) is 15.1 Å². The minimum atomic E-state index is -0.236. The third kappa shape index (κ3) is 4.93. The molecule has 0 radical (unpaired) electrons. The number of nitrogens with zero attached hydrogens (tertiary/aromatic N) is 2. The minimum absolute atomic E-state index is 0.0471. The maximum absolute atomic E-state index is 12.8. The summed E-state index contributed by atoms with van der Waals surface area (Å²) in [5, 5.41) is 6.04. The van der Waals surface area contributed by atoms with Crippen molar-refractivity contribution in [3.8, 4) is 11.5 Å². The van der Waals surface area contributed by atoms with E-state index in [2.05, 4.69) is 10.6 Å². The third-order valence-corrected chi connectivity index (χ3v) is 6.36. The Kier molecular flexibility index (Phi) is 6.24. The second-order valence-electron chi connectivity index (χ2n) is 8.75. The number of carbonyl (C=O) groups excluding carboxylic acids is 3. The first-order valence-electron chi connectivity index (χ1n) is 11.6. The summed E-state index contributed by atoms with van der Waals surface area (Å²) in [4.78, 5) is 41.4. The van der Waals surface area contributed by atoms with Crippen LogP contribution >= 0.6 is 0 Å². The molecule has 178 valence electrons. The fourth-order valence-corrected chi connectivity index (χ4v) is 4.21. The number of para-hydroxylation sites is 1. The number of fused-ring (bicyclic) bond motifs is 1. The van der Waals surface area contributed by atoms with E-state index in [0.717, 1.165) is 18.4 Å². The number of ether oxygens (including phenoxy) is 2. The Labute approximate surface area is 198 Å². The van der Waals surface area contributed by atoms with Gasteiger partial charge in [0.15, 0.2) is 11.5 Å². The monoisotopic (exact) mass is 464 g/mol. The lowest BCUT2D eigenvalue weighted by Crippen LogP contribution is -2.52. The Morgan fingerprint density at radius 2 is 1.65 bits per heavy atom. The summed E-state index contributed by atoms with van der Waals surface area (Å²) in [6, 6.07) is 12.7. The van der Waals surface area contributed by atoms with E-state index >= 15 is 0 Å². The molecule has 1 saturated heterocycles. The van der Waals surface area contributed by atoms with E-state index in [1.54, 1.807) is 23.1 Å². The Morgan fingerprint density at radius 1 is 0.912 bits per heavy atom. The van der Waals surface area contributed by atoms with Crippen molar-refractivity contribution < 1.29 is 23.9 Å². The SMILES string of the molecule is O=C(NCc1ccc2c(c1)OCO2)c1ccccc1NCC(=O)N1CCN(C(=O)C2CC2)CC1. The van der Waals surface area contributed by atoms with E-state index < -0.39 is 0 Å². The van der Waals surface area contributed by atoms with E-state index in [1.807, 2.05) is 29.2 Å². The molecule has 9 heteroatoms. The van der Waals surface area contributed by atoms with Gasteiger partial charge in [0.1, 0.15) is 0 Å². The van der Waals surface area contributed by atoms with Gasteiger partial charge < -0.3 is 29.9 Å². The van der Waals surface area contributed by atoms with Crippen molar-refractivity contribution >= 4 is 23.4 Å². The summed E-state index contributed by atoms with van der Waals surface area (Å²) in [6.07, 6.45) is 1.98. The molecule has 0 aromatic heterocycles. The van der Waals surface area contributed by atoms with Gasteiger partial charge in [-0.05, 0) is 42.7 Å². The van der Waals surface area contributed by atoms with E-state index in [1.165, 1.54) is 0 Å². The summed E-state index contributed by atoms with van der Waals surface area (Å²) < 4.78 is 10.7. The zero-order valence-corrected chi connectivity index (χ0v) is 18.9. The summed E-state index contributed by atoms with van der Waals surface area (Å²) in [5.41, 5.74) is 1.97. The van der Waals surface area contributed by atoms with Gasteiger partial charge >= 0.3 is 0 Å². The van der Waals surface area contributed by atoms with Crippen molar-refractivity contribution in [1.29, 1.82) is 0 Å². The number of carbonyl (C=O) groups is 3. The summed E-state index contributed by atoms with van der Waals surface area (Å²) in [5.74, 6) is 1.52. The number of hydrogen-bond acceptors (Lipinski definition) is 6. The number of piperazine rings is 1. The highest BCUT2D eigenvalue weighted by molar-refractivity contribution is 6.00. The molecule has 0 spiro atoms. The van der Waals surface area contributed by atoms with Crippen molar-refractivity contribution in [2.24, 2.45) is 5.92 Å². The van der Waals surface area contributed by atoms with Crippen LogP contribution in [0.4, 0.5) is 5.69 Å². The predicted octanol–water partition coefficient (Wildman–Crippen LogP) is 1.84. The molecule has 5 rings (SSSR count). The minimum Gasteiger partial charge on any atom is -0.454 e. The van der Waals surface area contributed by atoms with Gasteiger partial charge in [0.05, 0.1) is 12.1 Å². The molecule has 3 aliphatic rings. The van der Waals surface area contributed by atoms with E-state index in [9.17, 15) is 14.4 Å². The van der Waals surface area contributed by atoms with Crippen molar-refractivity contribution in [2.45, 2.75) is 19.4 Å². The summed E-state index contributed by atoms with van der Waals surface area (Å²) >= 11 is 0. The number of benzene rings is 2. The lowest BCUT2D eigenvalue weighted by atomic mass is 10.1. The van der Waals surface area contributed by atoms with Crippen LogP contribution in [0.3, 0.4) is 0 Å². The zero-order valence-electron chi connectivity index (χ0n) is 18.9. The standard InChI is InChI=1S/C25H28N4O5/c30-23(28-9-11-29(12-10-28)25(32)18-6-7-18)15-26-20-4-2-1-3-19(20)24(31)27-14-17-5-8-21-22(13-17)34-16-33-21/h1-5,8,13,18,26H,6-7,9-12,14-16H2,(H,27,31). The van der Waals surface area contributed by atoms with Crippen LogP contribution in [-0.2, 0) is 16.1 Å². The smallest absolute Gasteiger partial charge is 0.253 e. The van der Waals surface area contributed by atoms with Gasteiger partial charge in [0, 0.05) is 44.3 Å². The van der Waals surface area contributed by atoms with E-state index in [0.29, 0.717) is 55.5 Å². The first-order chi connectivity index (χ1) is 16.6. The quantitative estimate of drug-likeness (QED) is 0.649. The highest BCUT2D eigenvalue weighted by Gasteiger charge is 2.35. The topological polar surface area (TPSA) is 100 Å². The van der Waals surface area contributed by atoms with Gasteiger partial charge in [-0.25, -0.2) is 0 Å². The molecule has 0 unspecified atom stereocenters. The molecule has 9 nitrogen and oxygen atoms in total. The highest BCUT2D eigenvalue weighted by Crippen LogP contribution is 2.32. The molecule has 2 aliphatic heterocycles.